The molecule has 0 radical (unpaired) electrons. The van der Waals surface area contributed by atoms with E-state index in [1.165, 1.54) is 11.3 Å². The van der Waals surface area contributed by atoms with Crippen molar-refractivity contribution in [1.82, 2.24) is 9.88 Å². The van der Waals surface area contributed by atoms with Crippen molar-refractivity contribution in [1.29, 1.82) is 0 Å². The van der Waals surface area contributed by atoms with Gasteiger partial charge in [-0.15, -0.1) is 12.4 Å². The van der Waals surface area contributed by atoms with Gasteiger partial charge in [0, 0.05) is 32.3 Å². The maximum atomic E-state index is 13.4. The van der Waals surface area contributed by atoms with Crippen LogP contribution in [0.3, 0.4) is 0 Å². The predicted octanol–water partition coefficient (Wildman–Crippen LogP) is 4.61. The number of amides is 1. The van der Waals surface area contributed by atoms with E-state index in [0.29, 0.717) is 24.0 Å². The summed E-state index contributed by atoms with van der Waals surface area (Å²) < 4.78 is 22.9. The molecule has 2 aromatic carbocycles. The van der Waals surface area contributed by atoms with E-state index in [4.69, 9.17) is 23.9 Å². The van der Waals surface area contributed by atoms with Crippen LogP contribution in [-0.2, 0) is 9.53 Å². The number of halogens is 1. The largest absolute Gasteiger partial charge is 0.494 e. The number of aromatic nitrogens is 1. The normalized spacial score (nSPS) is 15.2. The first-order valence-electron chi connectivity index (χ1n) is 11.9. The van der Waals surface area contributed by atoms with Crippen molar-refractivity contribution in [2.24, 2.45) is 0 Å². The number of nitrogens with zero attached hydrogens (tertiary/aromatic N) is 3. The number of carbonyl (C=O) groups is 1. The van der Waals surface area contributed by atoms with Gasteiger partial charge in [-0.25, -0.2) is 4.98 Å². The van der Waals surface area contributed by atoms with Crippen LogP contribution in [0, 0.1) is 0 Å². The van der Waals surface area contributed by atoms with E-state index in [-0.39, 0.29) is 25.1 Å². The highest BCUT2D eigenvalue weighted by atomic mass is 35.5. The van der Waals surface area contributed by atoms with Gasteiger partial charge in [0.15, 0.2) is 16.6 Å². The molecule has 8 nitrogen and oxygen atoms in total. The number of carbonyl (C=O) groups excluding carboxylic acids is 1. The minimum absolute atomic E-state index is 0. The molecule has 0 atom stereocenters. The molecule has 0 spiro atoms. The van der Waals surface area contributed by atoms with Crippen molar-refractivity contribution < 1.29 is 23.7 Å². The first kappa shape index (κ1) is 26.2. The Balaban J connectivity index is 0.00000304. The smallest absolute Gasteiger partial charge is 0.252 e. The van der Waals surface area contributed by atoms with Crippen molar-refractivity contribution in [3.8, 4) is 17.2 Å². The lowest BCUT2D eigenvalue weighted by Gasteiger charge is -2.27. The number of fused-ring (bicyclic) bond motifs is 2. The van der Waals surface area contributed by atoms with E-state index >= 15 is 0 Å². The van der Waals surface area contributed by atoms with Crippen molar-refractivity contribution in [3.05, 3.63) is 48.0 Å². The average molecular weight is 532 g/mol. The third-order valence-corrected chi connectivity index (χ3v) is 6.97. The molecule has 0 aliphatic carbocycles. The molecule has 1 fully saturated rings. The quantitative estimate of drug-likeness (QED) is 0.373. The number of ether oxygens (including phenoxy) is 4. The lowest BCUT2D eigenvalue weighted by molar-refractivity contribution is -0.114. The molecule has 0 bridgehead atoms. The fraction of sp³-hybridized carbons (Fsp3) is 0.385. The number of rotatable bonds is 9. The van der Waals surface area contributed by atoms with Crippen LogP contribution in [0.5, 0.6) is 17.2 Å². The second kappa shape index (κ2) is 12.4. The van der Waals surface area contributed by atoms with E-state index in [9.17, 15) is 4.79 Å². The standard InChI is InChI=1S/C26H29N3O5S.ClH/c1-2-32-20-6-7-21-24(17-20)35-26(27-21)29(11-3-10-28-12-14-31-15-13-28)25(30)9-5-19-4-8-22-23(16-19)34-18-33-22;/h4-9,16-17H,2-3,10-15,18H2,1H3;1H/b9-5+;. The van der Waals surface area contributed by atoms with Crippen LogP contribution in [-0.4, -0.2) is 68.6 Å². The summed E-state index contributed by atoms with van der Waals surface area (Å²) in [7, 11) is 0. The molecule has 0 unspecified atom stereocenters. The van der Waals surface area contributed by atoms with Crippen molar-refractivity contribution in [2.75, 3.05) is 57.7 Å². The highest BCUT2D eigenvalue weighted by molar-refractivity contribution is 7.22. The van der Waals surface area contributed by atoms with E-state index in [2.05, 4.69) is 4.90 Å². The monoisotopic (exact) mass is 531 g/mol. The van der Waals surface area contributed by atoms with Crippen LogP contribution in [0.1, 0.15) is 18.9 Å². The van der Waals surface area contributed by atoms with Gasteiger partial charge in [0.25, 0.3) is 5.91 Å². The Morgan fingerprint density at radius 1 is 1.17 bits per heavy atom. The molecule has 1 saturated heterocycles. The van der Waals surface area contributed by atoms with Gasteiger partial charge in [0.1, 0.15) is 5.75 Å². The van der Waals surface area contributed by atoms with Gasteiger partial charge in [-0.05, 0) is 55.3 Å². The first-order valence-corrected chi connectivity index (χ1v) is 12.7. The second-order valence-corrected chi connectivity index (χ2v) is 9.31. The molecule has 3 heterocycles. The molecule has 0 N–H and O–H groups in total. The maximum Gasteiger partial charge on any atom is 0.252 e. The van der Waals surface area contributed by atoms with Gasteiger partial charge in [-0.1, -0.05) is 17.4 Å². The maximum absolute atomic E-state index is 13.4. The summed E-state index contributed by atoms with van der Waals surface area (Å²) in [4.78, 5) is 22.3. The fourth-order valence-corrected chi connectivity index (χ4v) is 5.14. The van der Waals surface area contributed by atoms with Crippen LogP contribution in [0.25, 0.3) is 16.3 Å². The van der Waals surface area contributed by atoms with Crippen molar-refractivity contribution >= 4 is 51.1 Å². The average Bonchev–Trinajstić information content (AvgIpc) is 3.52. The zero-order valence-electron chi connectivity index (χ0n) is 20.2. The van der Waals surface area contributed by atoms with Crippen LogP contribution < -0.4 is 19.1 Å². The highest BCUT2D eigenvalue weighted by Crippen LogP contribution is 2.34. The van der Waals surface area contributed by atoms with Crippen molar-refractivity contribution in [3.63, 3.8) is 0 Å². The van der Waals surface area contributed by atoms with E-state index in [1.807, 2.05) is 43.3 Å². The van der Waals surface area contributed by atoms with Gasteiger partial charge in [0.2, 0.25) is 6.79 Å². The van der Waals surface area contributed by atoms with Gasteiger partial charge in [-0.2, -0.15) is 0 Å². The molecule has 36 heavy (non-hydrogen) atoms. The Bertz CT molecular complexity index is 1210. The lowest BCUT2D eigenvalue weighted by Crippen LogP contribution is -2.39. The molecule has 0 saturated carbocycles. The molecular formula is C26H30ClN3O5S. The van der Waals surface area contributed by atoms with Crippen LogP contribution in [0.4, 0.5) is 5.13 Å². The SMILES string of the molecule is CCOc1ccc2nc(N(CCCN3CCOCC3)C(=O)/C=C/c3ccc4c(c3)OCO4)sc2c1.Cl. The second-order valence-electron chi connectivity index (χ2n) is 8.30. The minimum atomic E-state index is -0.103. The summed E-state index contributed by atoms with van der Waals surface area (Å²) in [6, 6.07) is 11.5. The highest BCUT2D eigenvalue weighted by Gasteiger charge is 2.20. The molecule has 5 rings (SSSR count). The number of hydrogen-bond acceptors (Lipinski definition) is 8. The number of benzene rings is 2. The van der Waals surface area contributed by atoms with E-state index < -0.39 is 0 Å². The molecule has 2 aliphatic rings. The minimum Gasteiger partial charge on any atom is -0.494 e. The number of thiazole rings is 1. The third-order valence-electron chi connectivity index (χ3n) is 5.93. The van der Waals surface area contributed by atoms with Crippen LogP contribution in [0.15, 0.2) is 42.5 Å². The Morgan fingerprint density at radius 3 is 2.83 bits per heavy atom. The van der Waals surface area contributed by atoms with Gasteiger partial charge in [-0.3, -0.25) is 14.6 Å². The molecule has 2 aliphatic heterocycles. The summed E-state index contributed by atoms with van der Waals surface area (Å²) in [6.07, 6.45) is 4.26. The van der Waals surface area contributed by atoms with Gasteiger partial charge < -0.3 is 18.9 Å². The molecular weight excluding hydrogens is 502 g/mol. The summed E-state index contributed by atoms with van der Waals surface area (Å²) in [6.45, 7) is 7.68. The first-order chi connectivity index (χ1) is 17.2. The van der Waals surface area contributed by atoms with E-state index in [0.717, 1.165) is 66.5 Å². The summed E-state index contributed by atoms with van der Waals surface area (Å²) in [5.41, 5.74) is 1.74. The molecule has 10 heteroatoms. The zero-order chi connectivity index (χ0) is 24.0. The van der Waals surface area contributed by atoms with Gasteiger partial charge >= 0.3 is 0 Å². The van der Waals surface area contributed by atoms with Crippen molar-refractivity contribution in [2.45, 2.75) is 13.3 Å². The fourth-order valence-electron chi connectivity index (χ4n) is 4.12. The Kier molecular flexibility index (Phi) is 9.03. The Morgan fingerprint density at radius 2 is 2.00 bits per heavy atom. The molecule has 3 aromatic rings. The van der Waals surface area contributed by atoms with Crippen LogP contribution >= 0.6 is 23.7 Å². The lowest BCUT2D eigenvalue weighted by atomic mass is 10.2. The number of hydrogen-bond donors (Lipinski definition) is 0. The third kappa shape index (κ3) is 6.28. The number of morpholine rings is 1. The van der Waals surface area contributed by atoms with Crippen LogP contribution in [0.2, 0.25) is 0 Å². The predicted molar refractivity (Wildman–Crippen MR) is 144 cm³/mol. The van der Waals surface area contributed by atoms with E-state index in [1.54, 1.807) is 17.1 Å². The molecule has 1 aromatic heterocycles. The Hall–Kier alpha value is -2.85. The summed E-state index contributed by atoms with van der Waals surface area (Å²) >= 11 is 1.51. The van der Waals surface area contributed by atoms with Gasteiger partial charge in [0.05, 0.1) is 30.0 Å². The summed E-state index contributed by atoms with van der Waals surface area (Å²) in [5, 5.41) is 0.691. The Labute approximate surface area is 220 Å². The summed E-state index contributed by atoms with van der Waals surface area (Å²) in [5.74, 6) is 2.12. The topological polar surface area (TPSA) is 73.4 Å². The molecule has 1 amide bonds. The zero-order valence-corrected chi connectivity index (χ0v) is 21.8. The number of anilines is 1. The molecule has 192 valence electrons.